The molecule has 3 heteroatoms. The molecule has 0 heterocycles. The van der Waals surface area contributed by atoms with Crippen LogP contribution in [0.5, 0.6) is 0 Å². The van der Waals surface area contributed by atoms with E-state index in [-0.39, 0.29) is 12.5 Å². The molecule has 11 heavy (non-hydrogen) atoms. The van der Waals surface area contributed by atoms with Crippen LogP contribution in [0.15, 0.2) is 0 Å². The van der Waals surface area contributed by atoms with E-state index in [4.69, 9.17) is 6.42 Å². The molecule has 0 aromatic rings. The van der Waals surface area contributed by atoms with Crippen molar-refractivity contribution < 1.29 is 8.78 Å². The van der Waals surface area contributed by atoms with Gasteiger partial charge in [0.15, 0.2) is 0 Å². The minimum absolute atomic E-state index is 0.0112. The minimum Gasteiger partial charge on any atom is -0.303 e. The summed E-state index contributed by atoms with van der Waals surface area (Å²) in [4.78, 5) is 0. The topological polar surface area (TPSA) is 12.0 Å². The molecule has 62 valence electrons. The van der Waals surface area contributed by atoms with E-state index >= 15 is 0 Å². The van der Waals surface area contributed by atoms with E-state index in [0.717, 1.165) is 0 Å². The maximum Gasteiger partial charge on any atom is 0.252 e. The lowest BCUT2D eigenvalue weighted by Gasteiger charge is -2.05. The molecule has 0 amide bonds. The largest absolute Gasteiger partial charge is 0.303 e. The lowest BCUT2D eigenvalue weighted by atomic mass is 10.3. The maximum absolute atomic E-state index is 12.3. The second-order valence-corrected chi connectivity index (χ2v) is 2.96. The Labute approximate surface area is 65.2 Å². The Kier molecular flexibility index (Phi) is 2.15. The molecule has 1 saturated carbocycles. The first-order valence-electron chi connectivity index (χ1n) is 3.63. The normalized spacial score (nSPS) is 29.1. The van der Waals surface area contributed by atoms with Gasteiger partial charge in [0, 0.05) is 18.9 Å². The van der Waals surface area contributed by atoms with Crippen LogP contribution in [0, 0.1) is 18.3 Å². The van der Waals surface area contributed by atoms with Gasteiger partial charge in [-0.15, -0.1) is 6.42 Å². The van der Waals surface area contributed by atoms with Crippen molar-refractivity contribution in [1.29, 1.82) is 0 Å². The number of rotatable bonds is 3. The van der Waals surface area contributed by atoms with Crippen molar-refractivity contribution in [2.45, 2.75) is 25.3 Å². The van der Waals surface area contributed by atoms with Gasteiger partial charge < -0.3 is 5.32 Å². The highest BCUT2D eigenvalue weighted by Crippen LogP contribution is 2.47. The van der Waals surface area contributed by atoms with Gasteiger partial charge in [0.05, 0.1) is 6.04 Å². The van der Waals surface area contributed by atoms with Crippen LogP contribution in [0.3, 0.4) is 0 Å². The van der Waals surface area contributed by atoms with E-state index < -0.39 is 11.8 Å². The zero-order chi connectivity index (χ0) is 8.48. The van der Waals surface area contributed by atoms with Gasteiger partial charge in [-0.25, -0.2) is 8.78 Å². The Bertz CT molecular complexity index is 183. The molecule has 1 fully saturated rings. The third-order valence-corrected chi connectivity index (χ3v) is 1.88. The Hall–Kier alpha value is -0.620. The van der Waals surface area contributed by atoms with Crippen molar-refractivity contribution in [2.75, 3.05) is 6.54 Å². The predicted octanol–water partition coefficient (Wildman–Crippen LogP) is 1.25. The fourth-order valence-electron chi connectivity index (χ4n) is 0.869. The fourth-order valence-corrected chi connectivity index (χ4v) is 0.869. The van der Waals surface area contributed by atoms with Crippen LogP contribution >= 0.6 is 0 Å². The monoisotopic (exact) mass is 159 g/mol. The third-order valence-electron chi connectivity index (χ3n) is 1.88. The first kappa shape index (κ1) is 8.48. The Morgan fingerprint density at radius 2 is 2.36 bits per heavy atom. The van der Waals surface area contributed by atoms with Gasteiger partial charge in [0.2, 0.25) is 0 Å². The lowest BCUT2D eigenvalue weighted by Crippen LogP contribution is -2.27. The van der Waals surface area contributed by atoms with E-state index in [1.165, 1.54) is 0 Å². The molecule has 0 bridgehead atoms. The van der Waals surface area contributed by atoms with Gasteiger partial charge in [-0.1, -0.05) is 5.92 Å². The first-order valence-corrected chi connectivity index (χ1v) is 3.63. The van der Waals surface area contributed by atoms with Crippen LogP contribution in [0.1, 0.15) is 13.3 Å². The minimum atomic E-state index is -2.43. The Balaban J connectivity index is 2.12. The predicted molar refractivity (Wildman–Crippen MR) is 39.4 cm³/mol. The molecule has 0 aromatic heterocycles. The lowest BCUT2D eigenvalue weighted by molar-refractivity contribution is 0.0985. The van der Waals surface area contributed by atoms with Gasteiger partial charge >= 0.3 is 0 Å². The van der Waals surface area contributed by atoms with Crippen molar-refractivity contribution >= 4 is 0 Å². The highest BCUT2D eigenvalue weighted by atomic mass is 19.3. The molecule has 1 N–H and O–H groups in total. The summed E-state index contributed by atoms with van der Waals surface area (Å²) < 4.78 is 24.5. The van der Waals surface area contributed by atoms with Crippen LogP contribution in [-0.2, 0) is 0 Å². The van der Waals surface area contributed by atoms with E-state index in [1.807, 2.05) is 0 Å². The smallest absolute Gasteiger partial charge is 0.252 e. The average molecular weight is 159 g/mol. The van der Waals surface area contributed by atoms with Crippen LogP contribution in [0.4, 0.5) is 8.78 Å². The second-order valence-electron chi connectivity index (χ2n) is 2.96. The number of hydrogen-bond acceptors (Lipinski definition) is 1. The van der Waals surface area contributed by atoms with E-state index in [1.54, 1.807) is 6.92 Å². The zero-order valence-electron chi connectivity index (χ0n) is 6.40. The molecule has 0 saturated heterocycles. The van der Waals surface area contributed by atoms with Gasteiger partial charge in [-0.3, -0.25) is 0 Å². The molecule has 0 aliphatic heterocycles. The van der Waals surface area contributed by atoms with Crippen molar-refractivity contribution in [1.82, 2.24) is 5.32 Å². The molecule has 1 aliphatic rings. The molecule has 2 unspecified atom stereocenters. The molecule has 0 aromatic carbocycles. The van der Waals surface area contributed by atoms with Crippen molar-refractivity contribution in [3.63, 3.8) is 0 Å². The summed E-state index contributed by atoms with van der Waals surface area (Å²) in [7, 11) is 0. The average Bonchev–Trinajstić information content (AvgIpc) is 2.54. The molecule has 0 radical (unpaired) electrons. The summed E-state index contributed by atoms with van der Waals surface area (Å²) >= 11 is 0. The number of hydrogen-bond donors (Lipinski definition) is 1. The maximum atomic E-state index is 12.3. The number of nitrogens with one attached hydrogen (secondary N) is 1. The van der Waals surface area contributed by atoms with Crippen LogP contribution in [0.2, 0.25) is 0 Å². The van der Waals surface area contributed by atoms with E-state index in [2.05, 4.69) is 11.2 Å². The number of alkyl halides is 2. The highest BCUT2D eigenvalue weighted by Gasteiger charge is 2.56. The van der Waals surface area contributed by atoms with Gasteiger partial charge in [0.1, 0.15) is 0 Å². The summed E-state index contributed by atoms with van der Waals surface area (Å²) in [5, 5.41) is 2.83. The molecular formula is C8H11F2N. The fraction of sp³-hybridized carbons (Fsp3) is 0.750. The Morgan fingerprint density at radius 3 is 2.73 bits per heavy atom. The Morgan fingerprint density at radius 1 is 1.82 bits per heavy atom. The summed E-state index contributed by atoms with van der Waals surface area (Å²) in [5.74, 6) is -0.498. The van der Waals surface area contributed by atoms with Gasteiger partial charge in [-0.05, 0) is 6.92 Å². The number of terminal acetylenes is 1. The second kappa shape index (κ2) is 2.78. The van der Waals surface area contributed by atoms with Gasteiger partial charge in [0.25, 0.3) is 5.92 Å². The van der Waals surface area contributed by atoms with Gasteiger partial charge in [-0.2, -0.15) is 0 Å². The van der Waals surface area contributed by atoms with Crippen LogP contribution < -0.4 is 5.32 Å². The first-order chi connectivity index (χ1) is 5.06. The molecule has 1 rings (SSSR count). The summed E-state index contributed by atoms with van der Waals surface area (Å²) in [6.45, 7) is 2.11. The number of halogens is 2. The van der Waals surface area contributed by atoms with Crippen LogP contribution in [0.25, 0.3) is 0 Å². The van der Waals surface area contributed by atoms with Crippen molar-refractivity contribution in [3.8, 4) is 12.3 Å². The van der Waals surface area contributed by atoms with Crippen LogP contribution in [-0.4, -0.2) is 18.5 Å². The molecule has 2 atom stereocenters. The highest BCUT2D eigenvalue weighted by molar-refractivity contribution is 5.00. The standard InChI is InChI=1S/C8H11F2N/c1-3-6(2)11-5-7-4-8(7,9)10/h1,6-7,11H,4-5H2,2H3. The molecule has 1 nitrogen and oxygen atoms in total. The van der Waals surface area contributed by atoms with E-state index in [9.17, 15) is 8.78 Å². The molecule has 0 spiro atoms. The summed E-state index contributed by atoms with van der Waals surface area (Å²) in [6.07, 6.45) is 5.06. The SMILES string of the molecule is C#CC(C)NCC1CC1(F)F. The zero-order valence-corrected chi connectivity index (χ0v) is 6.40. The molecule has 1 aliphatic carbocycles. The summed E-state index contributed by atoms with van der Waals surface area (Å²) in [6, 6.07) is -0.105. The summed E-state index contributed by atoms with van der Waals surface area (Å²) in [5.41, 5.74) is 0. The van der Waals surface area contributed by atoms with Crippen molar-refractivity contribution in [3.05, 3.63) is 0 Å². The van der Waals surface area contributed by atoms with Crippen molar-refractivity contribution in [2.24, 2.45) is 5.92 Å². The third kappa shape index (κ3) is 2.16. The quantitative estimate of drug-likeness (QED) is 0.611. The molecular weight excluding hydrogens is 148 g/mol. The van der Waals surface area contributed by atoms with E-state index in [0.29, 0.717) is 6.54 Å².